The predicted molar refractivity (Wildman–Crippen MR) is 326 cm³/mol. The Labute approximate surface area is 470 Å². The van der Waals surface area contributed by atoms with Crippen LogP contribution >= 0.6 is 12.4 Å². The summed E-state index contributed by atoms with van der Waals surface area (Å²) in [6.07, 6.45) is 24.6. The number of hydrogen-bond acceptors (Lipinski definition) is 6. The molecule has 0 bridgehead atoms. The first-order chi connectivity index (χ1) is 36.8. The summed E-state index contributed by atoms with van der Waals surface area (Å²) >= 11 is 0. The van der Waals surface area contributed by atoms with Crippen LogP contribution in [0.25, 0.3) is 0 Å². The van der Waals surface area contributed by atoms with Crippen molar-refractivity contribution in [1.82, 2.24) is 20.1 Å². The van der Waals surface area contributed by atoms with Gasteiger partial charge >= 0.3 is 0 Å². The lowest BCUT2D eigenvalue weighted by Gasteiger charge is -2.30. The van der Waals surface area contributed by atoms with E-state index < -0.39 is 32.1 Å². The largest absolute Gasteiger partial charge is 0.308 e. The van der Waals surface area contributed by atoms with Crippen molar-refractivity contribution in [3.05, 3.63) is 251 Å². The van der Waals surface area contributed by atoms with Gasteiger partial charge in [-0.1, -0.05) is 244 Å². The monoisotopic (exact) mass is 1100 g/mol. The molecule has 4 N–H and O–H groups in total. The first-order valence-corrected chi connectivity index (χ1v) is 30.2. The van der Waals surface area contributed by atoms with E-state index in [4.69, 9.17) is 0 Å². The van der Waals surface area contributed by atoms with Crippen molar-refractivity contribution in [1.29, 1.82) is 0 Å². The van der Waals surface area contributed by atoms with Crippen molar-refractivity contribution < 1.29 is 16.8 Å². The lowest BCUT2D eigenvalue weighted by atomic mass is 9.94. The molecule has 77 heavy (non-hydrogen) atoms. The number of sulfonamides is 2. The van der Waals surface area contributed by atoms with Gasteiger partial charge in [-0.05, 0) is 126 Å². The Morgan fingerprint density at radius 1 is 0.390 bits per heavy atom. The molecule has 0 heterocycles. The molecule has 2 aliphatic carbocycles. The zero-order valence-corrected chi connectivity index (χ0v) is 48.7. The first-order valence-electron chi connectivity index (χ1n) is 27.3. The summed E-state index contributed by atoms with van der Waals surface area (Å²) in [5, 5.41) is 7.25. The Balaban J connectivity index is 0.000000262. The molecule has 11 heteroatoms. The molecule has 0 saturated carbocycles. The molecule has 412 valence electrons. The number of halogens is 1. The van der Waals surface area contributed by atoms with Gasteiger partial charge in [0.1, 0.15) is 0 Å². The zero-order valence-electron chi connectivity index (χ0n) is 46.3. The lowest BCUT2D eigenvalue weighted by molar-refractivity contribution is 0.417. The number of hydrogen-bond donors (Lipinski definition) is 4. The number of rotatable bonds is 22. The SMILES string of the molecule is CC1=CCC=CC1.CC1=CCC=CC1.CCCCCN[C@@H](c1ccccc1)[C@@H](NS(=O)(=O)c1ccc(C)cc1)c1ccccc1.CCCCCN[C@@H](c1ccccc1)[C@@H](NS(=O)(=O)c1ccc(C)cc1)c1ccccc1.Cl. The molecule has 8 rings (SSSR count). The highest BCUT2D eigenvalue weighted by molar-refractivity contribution is 7.89. The van der Waals surface area contributed by atoms with Gasteiger partial charge in [0.25, 0.3) is 0 Å². The van der Waals surface area contributed by atoms with Gasteiger partial charge in [-0.25, -0.2) is 26.3 Å². The number of unbranched alkanes of at least 4 members (excludes halogenated alkanes) is 4. The van der Waals surface area contributed by atoms with Crippen molar-refractivity contribution >= 4 is 32.5 Å². The number of allylic oxidation sites excluding steroid dienone is 8. The Kier molecular flexibility index (Phi) is 29.0. The van der Waals surface area contributed by atoms with Crippen LogP contribution in [0, 0.1) is 13.8 Å². The molecule has 6 aromatic rings. The molecule has 8 nitrogen and oxygen atoms in total. The third-order valence-corrected chi connectivity index (χ3v) is 16.1. The summed E-state index contributed by atoms with van der Waals surface area (Å²) in [7, 11) is -7.41. The molecule has 0 aromatic heterocycles. The van der Waals surface area contributed by atoms with Crippen LogP contribution in [-0.2, 0) is 20.0 Å². The predicted octanol–water partition coefficient (Wildman–Crippen LogP) is 16.1. The second-order valence-corrected chi connectivity index (χ2v) is 23.1. The van der Waals surface area contributed by atoms with Crippen molar-refractivity contribution in [2.75, 3.05) is 13.1 Å². The zero-order chi connectivity index (χ0) is 54.4. The lowest BCUT2D eigenvalue weighted by Crippen LogP contribution is -2.39. The second kappa shape index (κ2) is 34.9. The molecule has 0 fully saturated rings. The van der Waals surface area contributed by atoms with E-state index in [-0.39, 0.29) is 34.3 Å². The van der Waals surface area contributed by atoms with Crippen molar-refractivity contribution in [3.63, 3.8) is 0 Å². The molecular formula is C66H85ClN4O4S2. The van der Waals surface area contributed by atoms with Gasteiger partial charge in [-0.3, -0.25) is 0 Å². The third kappa shape index (κ3) is 22.7. The number of nitrogens with one attached hydrogen (secondary N) is 4. The van der Waals surface area contributed by atoms with E-state index in [2.05, 4.69) is 84.2 Å². The van der Waals surface area contributed by atoms with E-state index >= 15 is 0 Å². The van der Waals surface area contributed by atoms with Gasteiger partial charge < -0.3 is 10.6 Å². The topological polar surface area (TPSA) is 116 Å². The van der Waals surface area contributed by atoms with Crippen LogP contribution in [0.15, 0.2) is 227 Å². The van der Waals surface area contributed by atoms with Crippen LogP contribution in [-0.4, -0.2) is 29.9 Å². The van der Waals surface area contributed by atoms with E-state index in [1.165, 1.54) is 24.0 Å². The first kappa shape index (κ1) is 63.8. The summed E-state index contributed by atoms with van der Waals surface area (Å²) in [5.74, 6) is 0. The van der Waals surface area contributed by atoms with Gasteiger partial charge in [0.15, 0.2) is 0 Å². The van der Waals surface area contributed by atoms with E-state index in [9.17, 15) is 16.8 Å². The van der Waals surface area contributed by atoms with Gasteiger partial charge in [-0.15, -0.1) is 12.4 Å². The Morgan fingerprint density at radius 2 is 0.688 bits per heavy atom. The maximum atomic E-state index is 13.3. The van der Waals surface area contributed by atoms with Gasteiger partial charge in [-0.2, -0.15) is 0 Å². The normalized spacial score (nSPS) is 14.5. The Morgan fingerprint density at radius 3 is 0.935 bits per heavy atom. The van der Waals surface area contributed by atoms with Crippen LogP contribution < -0.4 is 20.1 Å². The van der Waals surface area contributed by atoms with E-state index in [0.29, 0.717) is 0 Å². The molecule has 2 aliphatic rings. The summed E-state index contributed by atoms with van der Waals surface area (Å²) < 4.78 is 59.2. The maximum Gasteiger partial charge on any atom is 0.241 e. The van der Waals surface area contributed by atoms with Gasteiger partial charge in [0.2, 0.25) is 20.0 Å². The van der Waals surface area contributed by atoms with Crippen molar-refractivity contribution in [2.45, 2.75) is 140 Å². The fourth-order valence-corrected chi connectivity index (χ4v) is 11.2. The fraction of sp³-hybridized carbons (Fsp3) is 0.333. The molecule has 0 amide bonds. The molecule has 0 unspecified atom stereocenters. The number of benzene rings is 6. The van der Waals surface area contributed by atoms with Crippen LogP contribution in [0.3, 0.4) is 0 Å². The highest BCUT2D eigenvalue weighted by atomic mass is 35.5. The summed E-state index contributed by atoms with van der Waals surface area (Å²) in [6, 6.07) is 52.4. The van der Waals surface area contributed by atoms with Crippen molar-refractivity contribution in [2.24, 2.45) is 0 Å². The summed E-state index contributed by atoms with van der Waals surface area (Å²) in [5.41, 5.74) is 9.02. The number of aryl methyl sites for hydroxylation is 2. The average molecular weight is 1100 g/mol. The fourth-order valence-electron chi connectivity index (χ4n) is 8.76. The van der Waals surface area contributed by atoms with Crippen LogP contribution in [0.1, 0.15) is 149 Å². The third-order valence-electron chi connectivity index (χ3n) is 13.2. The van der Waals surface area contributed by atoms with Gasteiger partial charge in [0.05, 0.1) is 34.0 Å². The minimum atomic E-state index is -3.70. The molecule has 0 aliphatic heterocycles. The van der Waals surface area contributed by atoms with E-state index in [1.54, 1.807) is 24.3 Å². The highest BCUT2D eigenvalue weighted by Gasteiger charge is 2.31. The van der Waals surface area contributed by atoms with Crippen LogP contribution in [0.5, 0.6) is 0 Å². The molecular weight excluding hydrogens is 1010 g/mol. The minimum absolute atomic E-state index is 0. The standard InChI is InChI=1S/2C26H32N2O2S.2C7H10.ClH/c2*1-3-4-11-20-27-25(22-12-7-5-8-13-22)26(23-14-9-6-10-15-23)28-31(29,30)24-18-16-21(2)17-19-24;2*1-7-5-3-2-4-6-7;/h2*5-10,12-19,25-28H,3-4,11,20H2,1-2H3;2*2-3,6H,4-5H2,1H3;1H/t2*25-,26-;;;/m00.../s1. The maximum absolute atomic E-state index is 13.3. The van der Waals surface area contributed by atoms with E-state index in [1.807, 2.05) is 159 Å². The van der Waals surface area contributed by atoms with Crippen molar-refractivity contribution in [3.8, 4) is 0 Å². The van der Waals surface area contributed by atoms with E-state index in [0.717, 1.165) is 97.8 Å². The quantitative estimate of drug-likeness (QED) is 0.0398. The molecule has 0 radical (unpaired) electrons. The smallest absolute Gasteiger partial charge is 0.241 e. The Hall–Kier alpha value is -5.69. The second-order valence-electron chi connectivity index (χ2n) is 19.7. The molecule has 4 atom stereocenters. The van der Waals surface area contributed by atoms with Crippen LogP contribution in [0.4, 0.5) is 0 Å². The molecule has 0 saturated heterocycles. The van der Waals surface area contributed by atoms with Gasteiger partial charge in [0, 0.05) is 0 Å². The highest BCUT2D eigenvalue weighted by Crippen LogP contribution is 2.33. The average Bonchev–Trinajstić information content (AvgIpc) is 3.45. The summed E-state index contributed by atoms with van der Waals surface area (Å²) in [4.78, 5) is 0.550. The summed E-state index contributed by atoms with van der Waals surface area (Å²) in [6.45, 7) is 14.2. The van der Waals surface area contributed by atoms with Crippen LogP contribution in [0.2, 0.25) is 0 Å². The Bertz CT molecular complexity index is 2710. The minimum Gasteiger partial charge on any atom is -0.308 e. The molecule has 6 aromatic carbocycles. The molecule has 0 spiro atoms.